The second kappa shape index (κ2) is 6.33. The molecule has 0 aliphatic rings. The van der Waals surface area contributed by atoms with Crippen LogP contribution in [0.1, 0.15) is 16.1 Å². The van der Waals surface area contributed by atoms with Gasteiger partial charge in [-0.15, -0.1) is 0 Å². The van der Waals surface area contributed by atoms with Gasteiger partial charge in [0.1, 0.15) is 11.5 Å². The molecule has 4 aromatic rings. The van der Waals surface area contributed by atoms with E-state index in [-0.39, 0.29) is 0 Å². The normalized spacial score (nSPS) is 10.8. The average Bonchev–Trinajstić information content (AvgIpc) is 3.03. The molecule has 0 unspecified atom stereocenters. The Labute approximate surface area is 150 Å². The van der Waals surface area contributed by atoms with Crippen molar-refractivity contribution in [2.75, 3.05) is 5.32 Å². The van der Waals surface area contributed by atoms with Gasteiger partial charge in [-0.25, -0.2) is 9.97 Å². The first-order chi connectivity index (χ1) is 12.6. The molecule has 4 N–H and O–H groups in total. The van der Waals surface area contributed by atoms with Gasteiger partial charge in [-0.2, -0.15) is 0 Å². The number of carbonyl (C=O) groups is 1. The van der Waals surface area contributed by atoms with E-state index in [9.17, 15) is 4.79 Å². The highest BCUT2D eigenvalue weighted by atomic mass is 16.1. The number of rotatable bonds is 4. The Balaban J connectivity index is 1.88. The third kappa shape index (κ3) is 2.88. The number of nitrogens with two attached hydrogens (primary N) is 1. The number of hydrogen-bond donors (Lipinski definition) is 3. The van der Waals surface area contributed by atoms with Crippen LogP contribution in [0.3, 0.4) is 0 Å². The fraction of sp³-hybridized carbons (Fsp3) is 0.0500. The van der Waals surface area contributed by atoms with Crippen molar-refractivity contribution in [1.29, 1.82) is 0 Å². The highest BCUT2D eigenvalue weighted by molar-refractivity contribution is 6.00. The number of amides is 1. The molecule has 0 saturated heterocycles. The number of carbonyl (C=O) groups excluding carboxylic acids is 1. The summed E-state index contributed by atoms with van der Waals surface area (Å²) in [5, 5.41) is 4.10. The zero-order valence-corrected chi connectivity index (χ0v) is 14.2. The molecule has 128 valence electrons. The number of hydrogen-bond acceptors (Lipinski definition) is 4. The molecular formula is C20H17N5O. The molecule has 0 aliphatic carbocycles. The number of anilines is 2. The lowest BCUT2D eigenvalue weighted by Crippen LogP contribution is -2.13. The summed E-state index contributed by atoms with van der Waals surface area (Å²) in [4.78, 5) is 24.3. The number of aryl methyl sites for hydroxylation is 1. The summed E-state index contributed by atoms with van der Waals surface area (Å²) in [5.74, 6) is 0.720. The van der Waals surface area contributed by atoms with E-state index in [4.69, 9.17) is 5.73 Å². The quantitative estimate of drug-likeness (QED) is 0.525. The van der Waals surface area contributed by atoms with Gasteiger partial charge in [0.15, 0.2) is 5.82 Å². The van der Waals surface area contributed by atoms with Gasteiger partial charge in [0.2, 0.25) is 0 Å². The summed E-state index contributed by atoms with van der Waals surface area (Å²) in [6.45, 7) is 1.96. The molecule has 0 aliphatic heterocycles. The van der Waals surface area contributed by atoms with Crippen LogP contribution < -0.4 is 11.1 Å². The Morgan fingerprint density at radius 2 is 1.77 bits per heavy atom. The lowest BCUT2D eigenvalue weighted by Gasteiger charge is -2.11. The predicted octanol–water partition coefficient (Wildman–Crippen LogP) is 3.78. The van der Waals surface area contributed by atoms with Crippen LogP contribution in [0.25, 0.3) is 22.4 Å². The number of para-hydroxylation sites is 1. The molecule has 0 bridgehead atoms. The topological polar surface area (TPSA) is 96.7 Å². The van der Waals surface area contributed by atoms with Crippen molar-refractivity contribution < 1.29 is 4.79 Å². The second-order valence-corrected chi connectivity index (χ2v) is 6.01. The Hall–Kier alpha value is -3.67. The van der Waals surface area contributed by atoms with Crippen LogP contribution in [0.2, 0.25) is 0 Å². The molecule has 6 nitrogen and oxygen atoms in total. The van der Waals surface area contributed by atoms with Gasteiger partial charge in [0.25, 0.3) is 5.91 Å². The minimum Gasteiger partial charge on any atom is -0.366 e. The van der Waals surface area contributed by atoms with Gasteiger partial charge in [-0.05, 0) is 25.1 Å². The van der Waals surface area contributed by atoms with E-state index in [0.717, 1.165) is 22.3 Å². The highest BCUT2D eigenvalue weighted by Gasteiger charge is 2.14. The van der Waals surface area contributed by atoms with Gasteiger partial charge in [0, 0.05) is 11.3 Å². The van der Waals surface area contributed by atoms with E-state index in [0.29, 0.717) is 22.9 Å². The van der Waals surface area contributed by atoms with Crippen molar-refractivity contribution in [2.24, 2.45) is 5.73 Å². The standard InChI is InChI=1S/C20H17N5O/c1-12-11-15-19(22-12)24-18(13-7-3-2-4-8-13)25-20(15)23-16-10-6-5-9-14(16)17(21)26/h2-11H,1H3,(H2,21,26)(H2,22,23,24,25). The second-order valence-electron chi connectivity index (χ2n) is 6.01. The molecule has 0 atom stereocenters. The Bertz CT molecular complexity index is 1100. The van der Waals surface area contributed by atoms with E-state index < -0.39 is 5.91 Å². The van der Waals surface area contributed by atoms with Gasteiger partial charge in [0.05, 0.1) is 16.6 Å². The first kappa shape index (κ1) is 15.8. The zero-order chi connectivity index (χ0) is 18.1. The molecular weight excluding hydrogens is 326 g/mol. The lowest BCUT2D eigenvalue weighted by molar-refractivity contribution is 0.100. The summed E-state index contributed by atoms with van der Waals surface area (Å²) in [7, 11) is 0. The number of benzene rings is 2. The number of aromatic amines is 1. The van der Waals surface area contributed by atoms with Crippen molar-refractivity contribution in [3.63, 3.8) is 0 Å². The minimum atomic E-state index is -0.494. The van der Waals surface area contributed by atoms with Crippen LogP contribution in [-0.2, 0) is 0 Å². The van der Waals surface area contributed by atoms with Crippen molar-refractivity contribution in [3.8, 4) is 11.4 Å². The maximum Gasteiger partial charge on any atom is 0.250 e. The number of fused-ring (bicyclic) bond motifs is 1. The molecule has 6 heteroatoms. The number of aromatic nitrogens is 3. The number of nitrogens with one attached hydrogen (secondary N) is 2. The summed E-state index contributed by atoms with van der Waals surface area (Å²) < 4.78 is 0. The highest BCUT2D eigenvalue weighted by Crippen LogP contribution is 2.29. The third-order valence-electron chi connectivity index (χ3n) is 4.10. The van der Waals surface area contributed by atoms with Crippen LogP contribution in [0.5, 0.6) is 0 Å². The summed E-state index contributed by atoms with van der Waals surface area (Å²) in [6, 6.07) is 18.8. The van der Waals surface area contributed by atoms with Crippen LogP contribution >= 0.6 is 0 Å². The van der Waals surface area contributed by atoms with E-state index in [1.54, 1.807) is 18.2 Å². The molecule has 0 fully saturated rings. The maximum atomic E-state index is 11.7. The molecule has 0 spiro atoms. The monoisotopic (exact) mass is 343 g/mol. The van der Waals surface area contributed by atoms with Gasteiger partial charge >= 0.3 is 0 Å². The molecule has 26 heavy (non-hydrogen) atoms. The van der Waals surface area contributed by atoms with Crippen LogP contribution in [-0.4, -0.2) is 20.9 Å². The molecule has 2 aromatic carbocycles. The molecule has 1 amide bonds. The number of H-pyrrole nitrogens is 1. The Morgan fingerprint density at radius 3 is 2.54 bits per heavy atom. The first-order valence-corrected chi connectivity index (χ1v) is 8.20. The van der Waals surface area contributed by atoms with Crippen LogP contribution in [0, 0.1) is 6.92 Å². The van der Waals surface area contributed by atoms with E-state index in [1.807, 2.05) is 49.4 Å². The van der Waals surface area contributed by atoms with E-state index in [2.05, 4.69) is 20.3 Å². The Kier molecular flexibility index (Phi) is 3.85. The van der Waals surface area contributed by atoms with Crippen molar-refractivity contribution in [1.82, 2.24) is 15.0 Å². The van der Waals surface area contributed by atoms with Gasteiger partial charge in [-0.3, -0.25) is 4.79 Å². The fourth-order valence-corrected chi connectivity index (χ4v) is 2.89. The van der Waals surface area contributed by atoms with E-state index in [1.165, 1.54) is 0 Å². The maximum absolute atomic E-state index is 11.7. The fourth-order valence-electron chi connectivity index (χ4n) is 2.89. The number of primary amides is 1. The van der Waals surface area contributed by atoms with Crippen molar-refractivity contribution in [3.05, 3.63) is 71.9 Å². The lowest BCUT2D eigenvalue weighted by atomic mass is 10.1. The summed E-state index contributed by atoms with van der Waals surface area (Å²) in [5.41, 5.74) is 9.13. The van der Waals surface area contributed by atoms with Crippen LogP contribution in [0.15, 0.2) is 60.7 Å². The minimum absolute atomic E-state index is 0.410. The molecule has 4 rings (SSSR count). The number of nitrogens with zero attached hydrogens (tertiary/aromatic N) is 2. The van der Waals surface area contributed by atoms with Gasteiger partial charge in [-0.1, -0.05) is 42.5 Å². The molecule has 2 aromatic heterocycles. The summed E-state index contributed by atoms with van der Waals surface area (Å²) >= 11 is 0. The molecule has 2 heterocycles. The third-order valence-corrected chi connectivity index (χ3v) is 4.10. The van der Waals surface area contributed by atoms with Crippen molar-refractivity contribution in [2.45, 2.75) is 6.92 Å². The average molecular weight is 343 g/mol. The Morgan fingerprint density at radius 1 is 1.04 bits per heavy atom. The van der Waals surface area contributed by atoms with Crippen LogP contribution in [0.4, 0.5) is 11.5 Å². The smallest absolute Gasteiger partial charge is 0.250 e. The van der Waals surface area contributed by atoms with Gasteiger partial charge < -0.3 is 16.0 Å². The molecule has 0 radical (unpaired) electrons. The molecule has 0 saturated carbocycles. The largest absolute Gasteiger partial charge is 0.366 e. The van der Waals surface area contributed by atoms with E-state index >= 15 is 0 Å². The predicted molar refractivity (Wildman–Crippen MR) is 102 cm³/mol. The van der Waals surface area contributed by atoms with Crippen molar-refractivity contribution >= 4 is 28.4 Å². The zero-order valence-electron chi connectivity index (χ0n) is 14.2. The summed E-state index contributed by atoms with van der Waals surface area (Å²) in [6.07, 6.45) is 0. The first-order valence-electron chi connectivity index (χ1n) is 8.20. The SMILES string of the molecule is Cc1cc2c(Nc3ccccc3C(N)=O)nc(-c3ccccc3)nc2[nH]1.